The maximum absolute atomic E-state index is 11.8. The van der Waals surface area contributed by atoms with E-state index in [0.29, 0.717) is 12.1 Å². The van der Waals surface area contributed by atoms with Crippen LogP contribution in [-0.2, 0) is 16.0 Å². The van der Waals surface area contributed by atoms with E-state index in [4.69, 9.17) is 0 Å². The molecule has 2 aromatic rings. The number of carbonyl (C=O) groups excluding carboxylic acids is 2. The zero-order valence-corrected chi connectivity index (χ0v) is 13.2. The first kappa shape index (κ1) is 15.9. The molecule has 1 heterocycles. The topological polar surface area (TPSA) is 71.1 Å². The van der Waals surface area contributed by atoms with Crippen molar-refractivity contribution < 1.29 is 9.59 Å². The van der Waals surface area contributed by atoms with Gasteiger partial charge < -0.3 is 10.6 Å². The second-order valence-electron chi connectivity index (χ2n) is 4.66. The highest BCUT2D eigenvalue weighted by molar-refractivity contribution is 7.09. The SMILES string of the molecule is CNC(=O)Cc1ccc(NC(=O)/C=C/c2csc(C)n2)cc1. The van der Waals surface area contributed by atoms with Gasteiger partial charge >= 0.3 is 0 Å². The number of nitrogens with zero attached hydrogens (tertiary/aromatic N) is 1. The lowest BCUT2D eigenvalue weighted by atomic mass is 10.1. The van der Waals surface area contributed by atoms with E-state index in [1.165, 1.54) is 6.08 Å². The normalized spacial score (nSPS) is 10.6. The fraction of sp³-hybridized carbons (Fsp3) is 0.188. The number of aromatic nitrogens is 1. The second-order valence-corrected chi connectivity index (χ2v) is 5.72. The molecule has 2 rings (SSSR count). The Labute approximate surface area is 133 Å². The maximum Gasteiger partial charge on any atom is 0.248 e. The average molecular weight is 315 g/mol. The molecular formula is C16H17N3O2S. The number of thiazole rings is 1. The predicted octanol–water partition coefficient (Wildman–Crippen LogP) is 2.39. The van der Waals surface area contributed by atoms with E-state index >= 15 is 0 Å². The number of amides is 2. The summed E-state index contributed by atoms with van der Waals surface area (Å²) in [5, 5.41) is 8.19. The first-order chi connectivity index (χ1) is 10.6. The monoisotopic (exact) mass is 315 g/mol. The maximum atomic E-state index is 11.8. The zero-order valence-electron chi connectivity index (χ0n) is 12.4. The summed E-state index contributed by atoms with van der Waals surface area (Å²) in [5.74, 6) is -0.261. The Morgan fingerprint density at radius 2 is 2.00 bits per heavy atom. The van der Waals surface area contributed by atoms with E-state index in [1.54, 1.807) is 36.6 Å². The van der Waals surface area contributed by atoms with Crippen LogP contribution in [0.2, 0.25) is 0 Å². The number of likely N-dealkylation sites (N-methyl/N-ethyl adjacent to an activating group) is 1. The van der Waals surface area contributed by atoms with Crippen molar-refractivity contribution >= 4 is 34.9 Å². The minimum atomic E-state index is -0.218. The molecule has 114 valence electrons. The van der Waals surface area contributed by atoms with Gasteiger partial charge in [-0.3, -0.25) is 9.59 Å². The Hall–Kier alpha value is -2.47. The predicted molar refractivity (Wildman–Crippen MR) is 88.7 cm³/mol. The first-order valence-corrected chi connectivity index (χ1v) is 7.65. The lowest BCUT2D eigenvalue weighted by molar-refractivity contribution is -0.120. The minimum absolute atomic E-state index is 0.0433. The third-order valence-corrected chi connectivity index (χ3v) is 3.70. The molecule has 1 aromatic heterocycles. The number of anilines is 1. The van der Waals surface area contributed by atoms with E-state index in [-0.39, 0.29) is 11.8 Å². The van der Waals surface area contributed by atoms with Crippen molar-refractivity contribution in [2.24, 2.45) is 0 Å². The molecule has 2 N–H and O–H groups in total. The van der Waals surface area contributed by atoms with Crippen LogP contribution in [0.3, 0.4) is 0 Å². The summed E-state index contributed by atoms with van der Waals surface area (Å²) >= 11 is 1.54. The average Bonchev–Trinajstić information content (AvgIpc) is 2.92. The van der Waals surface area contributed by atoms with Crippen LogP contribution in [0.25, 0.3) is 6.08 Å². The van der Waals surface area contributed by atoms with Gasteiger partial charge in [0.1, 0.15) is 0 Å². The number of carbonyl (C=O) groups is 2. The van der Waals surface area contributed by atoms with Crippen molar-refractivity contribution in [2.75, 3.05) is 12.4 Å². The molecule has 0 fully saturated rings. The van der Waals surface area contributed by atoms with Crippen molar-refractivity contribution in [1.82, 2.24) is 10.3 Å². The number of nitrogens with one attached hydrogen (secondary N) is 2. The highest BCUT2D eigenvalue weighted by Gasteiger charge is 2.02. The van der Waals surface area contributed by atoms with Crippen LogP contribution in [0.4, 0.5) is 5.69 Å². The molecule has 0 saturated heterocycles. The highest BCUT2D eigenvalue weighted by atomic mass is 32.1. The third kappa shape index (κ3) is 4.82. The minimum Gasteiger partial charge on any atom is -0.359 e. The van der Waals surface area contributed by atoms with Gasteiger partial charge in [-0.2, -0.15) is 0 Å². The lowest BCUT2D eigenvalue weighted by Gasteiger charge is -2.04. The van der Waals surface area contributed by atoms with E-state index in [2.05, 4.69) is 15.6 Å². The van der Waals surface area contributed by atoms with Gasteiger partial charge in [0, 0.05) is 24.2 Å². The Kier molecular flexibility index (Phi) is 5.43. The molecule has 0 radical (unpaired) electrons. The van der Waals surface area contributed by atoms with E-state index < -0.39 is 0 Å². The van der Waals surface area contributed by atoms with Gasteiger partial charge in [-0.1, -0.05) is 12.1 Å². The summed E-state index contributed by atoms with van der Waals surface area (Å²) in [6.07, 6.45) is 3.46. The molecule has 0 aliphatic rings. The van der Waals surface area contributed by atoms with Gasteiger partial charge in [-0.15, -0.1) is 11.3 Å². The summed E-state index contributed by atoms with van der Waals surface area (Å²) in [6.45, 7) is 1.92. The fourth-order valence-corrected chi connectivity index (χ4v) is 2.36. The van der Waals surface area contributed by atoms with Gasteiger partial charge in [0.15, 0.2) is 0 Å². The van der Waals surface area contributed by atoms with Crippen LogP contribution in [0, 0.1) is 6.92 Å². The highest BCUT2D eigenvalue weighted by Crippen LogP contribution is 2.11. The summed E-state index contributed by atoms with van der Waals surface area (Å²) < 4.78 is 0. The zero-order chi connectivity index (χ0) is 15.9. The van der Waals surface area contributed by atoms with Crippen LogP contribution >= 0.6 is 11.3 Å². The summed E-state index contributed by atoms with van der Waals surface area (Å²) in [4.78, 5) is 27.3. The van der Waals surface area contributed by atoms with E-state index in [9.17, 15) is 9.59 Å². The number of rotatable bonds is 5. The van der Waals surface area contributed by atoms with Gasteiger partial charge in [0.05, 0.1) is 17.1 Å². The van der Waals surface area contributed by atoms with Gasteiger partial charge in [0.2, 0.25) is 11.8 Å². The number of benzene rings is 1. The fourth-order valence-electron chi connectivity index (χ4n) is 1.78. The summed E-state index contributed by atoms with van der Waals surface area (Å²) in [5.41, 5.74) is 2.36. The van der Waals surface area contributed by atoms with Crippen molar-refractivity contribution in [1.29, 1.82) is 0 Å². The van der Waals surface area contributed by atoms with Crippen LogP contribution < -0.4 is 10.6 Å². The van der Waals surface area contributed by atoms with Crippen LogP contribution in [0.1, 0.15) is 16.3 Å². The number of aryl methyl sites for hydroxylation is 1. The van der Waals surface area contributed by atoms with Crippen LogP contribution in [-0.4, -0.2) is 23.8 Å². The van der Waals surface area contributed by atoms with Gasteiger partial charge in [-0.05, 0) is 30.7 Å². The van der Waals surface area contributed by atoms with Crippen LogP contribution in [0.5, 0.6) is 0 Å². The molecule has 0 aliphatic heterocycles. The van der Waals surface area contributed by atoms with E-state index in [0.717, 1.165) is 16.3 Å². The van der Waals surface area contributed by atoms with Crippen molar-refractivity contribution in [3.63, 3.8) is 0 Å². The standard InChI is InChI=1S/C16H17N3O2S/c1-11-18-14(10-22-11)7-8-15(20)19-13-5-3-12(4-6-13)9-16(21)17-2/h3-8,10H,9H2,1-2H3,(H,17,21)(H,19,20)/b8-7+. The second kappa shape index (κ2) is 7.51. The summed E-state index contributed by atoms with van der Waals surface area (Å²) in [6, 6.07) is 7.19. The first-order valence-electron chi connectivity index (χ1n) is 6.77. The van der Waals surface area contributed by atoms with Crippen molar-refractivity contribution in [2.45, 2.75) is 13.3 Å². The molecule has 5 nitrogen and oxygen atoms in total. The Morgan fingerprint density at radius 3 is 2.59 bits per heavy atom. The largest absolute Gasteiger partial charge is 0.359 e. The van der Waals surface area contributed by atoms with Crippen molar-refractivity contribution in [3.05, 3.63) is 52.0 Å². The lowest BCUT2D eigenvalue weighted by Crippen LogP contribution is -2.19. The molecule has 0 saturated carbocycles. The molecule has 22 heavy (non-hydrogen) atoms. The molecule has 2 amide bonds. The van der Waals surface area contributed by atoms with E-state index in [1.807, 2.05) is 24.4 Å². The van der Waals surface area contributed by atoms with Gasteiger partial charge in [0.25, 0.3) is 0 Å². The molecule has 6 heteroatoms. The molecule has 0 aliphatic carbocycles. The molecular weight excluding hydrogens is 298 g/mol. The third-order valence-electron chi connectivity index (χ3n) is 2.91. The number of hydrogen-bond donors (Lipinski definition) is 2. The molecule has 0 bridgehead atoms. The smallest absolute Gasteiger partial charge is 0.248 e. The molecule has 0 atom stereocenters. The van der Waals surface area contributed by atoms with Crippen molar-refractivity contribution in [3.8, 4) is 0 Å². The molecule has 0 unspecified atom stereocenters. The molecule has 1 aromatic carbocycles. The summed E-state index contributed by atoms with van der Waals surface area (Å²) in [7, 11) is 1.60. The quantitative estimate of drug-likeness (QED) is 0.832. The van der Waals surface area contributed by atoms with Crippen LogP contribution in [0.15, 0.2) is 35.7 Å². The van der Waals surface area contributed by atoms with Gasteiger partial charge in [-0.25, -0.2) is 4.98 Å². The number of hydrogen-bond acceptors (Lipinski definition) is 4. The Bertz CT molecular complexity index is 690. The Morgan fingerprint density at radius 1 is 1.27 bits per heavy atom. The Balaban J connectivity index is 1.91. The molecule has 0 spiro atoms.